The van der Waals surface area contributed by atoms with Gasteiger partial charge in [-0.25, -0.2) is 0 Å². The van der Waals surface area contributed by atoms with Gasteiger partial charge in [0.05, 0.1) is 6.54 Å². The fourth-order valence-electron chi connectivity index (χ4n) is 1.83. The molecule has 0 aromatic carbocycles. The quantitative estimate of drug-likeness (QED) is 0.249. The molecule has 0 aliphatic heterocycles. The van der Waals surface area contributed by atoms with Gasteiger partial charge in [-0.05, 0) is 33.4 Å². The van der Waals surface area contributed by atoms with Crippen molar-refractivity contribution in [2.45, 2.75) is 24.8 Å². The second-order valence-corrected chi connectivity index (χ2v) is 4.17. The van der Waals surface area contributed by atoms with E-state index in [-0.39, 0.29) is 11.4 Å². The third-order valence-corrected chi connectivity index (χ3v) is 3.12. The minimum atomic E-state index is 0.234. The van der Waals surface area contributed by atoms with Crippen LogP contribution in [0.1, 0.15) is 19.3 Å². The summed E-state index contributed by atoms with van der Waals surface area (Å²) >= 11 is 0. The number of oxime groups is 1. The maximum Gasteiger partial charge on any atom is 0.153 e. The highest BCUT2D eigenvalue weighted by atomic mass is 16.4. The molecule has 0 saturated heterocycles. The topological polar surface area (TPSA) is 73.9 Å². The highest BCUT2D eigenvalue weighted by Gasteiger charge is 2.38. The van der Waals surface area contributed by atoms with Crippen LogP contribution in [0.2, 0.25) is 0 Å². The van der Waals surface area contributed by atoms with Gasteiger partial charge >= 0.3 is 0 Å². The van der Waals surface area contributed by atoms with E-state index >= 15 is 0 Å². The van der Waals surface area contributed by atoms with Crippen molar-refractivity contribution >= 4 is 5.84 Å². The fourth-order valence-corrected chi connectivity index (χ4v) is 1.83. The predicted molar refractivity (Wildman–Crippen MR) is 56.5 cm³/mol. The minimum absolute atomic E-state index is 0.234. The summed E-state index contributed by atoms with van der Waals surface area (Å²) in [6.45, 7) is 1.35. The number of amidine groups is 1. The molecule has 1 aliphatic carbocycles. The van der Waals surface area contributed by atoms with Gasteiger partial charge in [0.2, 0.25) is 0 Å². The summed E-state index contributed by atoms with van der Waals surface area (Å²) in [6, 6.07) is 0. The molecule has 1 fully saturated rings. The molecule has 0 unspecified atom stereocenters. The van der Waals surface area contributed by atoms with Crippen LogP contribution in [-0.4, -0.2) is 48.7 Å². The van der Waals surface area contributed by atoms with E-state index in [1.807, 2.05) is 0 Å². The van der Waals surface area contributed by atoms with E-state index in [2.05, 4.69) is 29.5 Å². The van der Waals surface area contributed by atoms with Gasteiger partial charge in [-0.2, -0.15) is 0 Å². The number of hydrogen-bond acceptors (Lipinski definition) is 4. The molecule has 1 rings (SSSR count). The van der Waals surface area contributed by atoms with E-state index in [9.17, 15) is 0 Å². The molecule has 1 saturated carbocycles. The number of nitrogens with zero attached hydrogens (tertiary/aromatic N) is 2. The van der Waals surface area contributed by atoms with Crippen LogP contribution >= 0.6 is 0 Å². The summed E-state index contributed by atoms with van der Waals surface area (Å²) in [4.78, 5) is 2.26. The van der Waals surface area contributed by atoms with Crippen molar-refractivity contribution in [3.05, 3.63) is 0 Å². The van der Waals surface area contributed by atoms with Gasteiger partial charge in [0.15, 0.2) is 5.84 Å². The normalized spacial score (nSPS) is 20.9. The number of hydrogen-bond donors (Lipinski definition) is 3. The first kappa shape index (κ1) is 11.3. The Morgan fingerprint density at radius 3 is 2.57 bits per heavy atom. The van der Waals surface area contributed by atoms with E-state index in [1.54, 1.807) is 0 Å². The lowest BCUT2D eigenvalue weighted by atomic mass is 9.75. The molecule has 5 heteroatoms. The monoisotopic (exact) mass is 200 g/mol. The molecule has 0 bridgehead atoms. The van der Waals surface area contributed by atoms with Crippen molar-refractivity contribution in [2.24, 2.45) is 10.9 Å². The molecule has 0 amide bonds. The van der Waals surface area contributed by atoms with Crippen molar-refractivity contribution in [1.82, 2.24) is 10.2 Å². The van der Waals surface area contributed by atoms with Crippen molar-refractivity contribution < 1.29 is 5.21 Å². The van der Waals surface area contributed by atoms with Gasteiger partial charge < -0.3 is 21.2 Å². The van der Waals surface area contributed by atoms with Crippen LogP contribution in [0, 0.1) is 0 Å². The van der Waals surface area contributed by atoms with Crippen molar-refractivity contribution in [3.8, 4) is 0 Å². The molecule has 4 N–H and O–H groups in total. The highest BCUT2D eigenvalue weighted by molar-refractivity contribution is 5.81. The smallest absolute Gasteiger partial charge is 0.153 e. The second-order valence-electron chi connectivity index (χ2n) is 4.17. The standard InChI is InChI=1S/C9H20N4O/c1-13(2)9(4-3-5-9)7-11-6-8(10)12-14/h11,14H,3-7H2,1-2H3,(H2,10,12). The van der Waals surface area contributed by atoms with E-state index in [0.29, 0.717) is 6.54 Å². The largest absolute Gasteiger partial charge is 0.409 e. The minimum Gasteiger partial charge on any atom is -0.409 e. The number of rotatable bonds is 5. The molecule has 82 valence electrons. The van der Waals surface area contributed by atoms with Gasteiger partial charge in [0, 0.05) is 12.1 Å². The van der Waals surface area contributed by atoms with E-state index in [0.717, 1.165) is 6.54 Å². The molecule has 0 spiro atoms. The van der Waals surface area contributed by atoms with Crippen LogP contribution in [0.5, 0.6) is 0 Å². The lowest BCUT2D eigenvalue weighted by Gasteiger charge is -2.47. The van der Waals surface area contributed by atoms with Crippen molar-refractivity contribution in [1.29, 1.82) is 0 Å². The van der Waals surface area contributed by atoms with Gasteiger partial charge in [-0.15, -0.1) is 0 Å². The molecular formula is C9H20N4O. The first-order chi connectivity index (χ1) is 6.60. The lowest BCUT2D eigenvalue weighted by molar-refractivity contribution is 0.0614. The molecule has 14 heavy (non-hydrogen) atoms. The second kappa shape index (κ2) is 4.61. The van der Waals surface area contributed by atoms with Crippen LogP contribution in [-0.2, 0) is 0 Å². The predicted octanol–water partition coefficient (Wildman–Crippen LogP) is -0.193. The summed E-state index contributed by atoms with van der Waals surface area (Å²) in [7, 11) is 4.20. The van der Waals surface area contributed by atoms with Gasteiger partial charge in [0.1, 0.15) is 0 Å². The zero-order valence-corrected chi connectivity index (χ0v) is 8.95. The summed E-state index contributed by atoms with van der Waals surface area (Å²) in [5, 5.41) is 14.5. The van der Waals surface area contributed by atoms with Crippen molar-refractivity contribution in [2.75, 3.05) is 27.2 Å². The highest BCUT2D eigenvalue weighted by Crippen LogP contribution is 2.35. The first-order valence-electron chi connectivity index (χ1n) is 4.95. The Kier molecular flexibility index (Phi) is 3.71. The lowest BCUT2D eigenvalue weighted by Crippen LogP contribution is -2.57. The Bertz CT molecular complexity index is 211. The van der Waals surface area contributed by atoms with Crippen LogP contribution in [0.4, 0.5) is 0 Å². The SMILES string of the molecule is CN(C)C1(CNCC(N)=NO)CCC1. The maximum absolute atomic E-state index is 8.36. The number of nitrogens with one attached hydrogen (secondary N) is 1. The van der Waals surface area contributed by atoms with E-state index < -0.39 is 0 Å². The summed E-state index contributed by atoms with van der Waals surface area (Å²) in [5.41, 5.74) is 5.65. The molecule has 1 aliphatic rings. The maximum atomic E-state index is 8.36. The summed E-state index contributed by atoms with van der Waals surface area (Å²) in [5.74, 6) is 0.234. The Balaban J connectivity index is 2.29. The van der Waals surface area contributed by atoms with E-state index in [4.69, 9.17) is 10.9 Å². The molecule has 0 aromatic rings. The third-order valence-electron chi connectivity index (χ3n) is 3.12. The Morgan fingerprint density at radius 1 is 1.57 bits per heavy atom. The van der Waals surface area contributed by atoms with Gasteiger partial charge in [0.25, 0.3) is 0 Å². The van der Waals surface area contributed by atoms with Gasteiger partial charge in [-0.3, -0.25) is 0 Å². The molecule has 0 radical (unpaired) electrons. The van der Waals surface area contributed by atoms with Gasteiger partial charge in [-0.1, -0.05) is 5.16 Å². The van der Waals surface area contributed by atoms with Crippen LogP contribution in [0.15, 0.2) is 5.16 Å². The van der Waals surface area contributed by atoms with Crippen LogP contribution in [0.25, 0.3) is 0 Å². The molecule has 0 aromatic heterocycles. The van der Waals surface area contributed by atoms with Crippen LogP contribution < -0.4 is 11.1 Å². The average Bonchev–Trinajstić information content (AvgIpc) is 2.08. The Morgan fingerprint density at radius 2 is 2.21 bits per heavy atom. The summed E-state index contributed by atoms with van der Waals surface area (Å²) in [6.07, 6.45) is 3.75. The molecular weight excluding hydrogens is 180 g/mol. The Labute approximate surface area is 84.9 Å². The number of likely N-dealkylation sites (N-methyl/N-ethyl adjacent to an activating group) is 1. The number of nitrogens with two attached hydrogens (primary N) is 1. The molecule has 5 nitrogen and oxygen atoms in total. The third kappa shape index (κ3) is 2.36. The first-order valence-corrected chi connectivity index (χ1v) is 4.95. The fraction of sp³-hybridized carbons (Fsp3) is 0.889. The zero-order chi connectivity index (χ0) is 10.6. The van der Waals surface area contributed by atoms with E-state index in [1.165, 1.54) is 19.3 Å². The average molecular weight is 200 g/mol. The van der Waals surface area contributed by atoms with Crippen molar-refractivity contribution in [3.63, 3.8) is 0 Å². The summed E-state index contributed by atoms with van der Waals surface area (Å²) < 4.78 is 0. The van der Waals surface area contributed by atoms with Crippen LogP contribution in [0.3, 0.4) is 0 Å². The molecule has 0 heterocycles. The Hall–Kier alpha value is -0.810. The molecule has 0 atom stereocenters. The zero-order valence-electron chi connectivity index (χ0n) is 8.95.